The van der Waals surface area contributed by atoms with Crippen molar-refractivity contribution in [2.45, 2.75) is 13.5 Å². The number of hydrogen-bond donors (Lipinski definition) is 2. The molecule has 126 valence electrons. The molecule has 0 aliphatic heterocycles. The second-order valence-corrected chi connectivity index (χ2v) is 5.57. The molecule has 0 aliphatic rings. The molecule has 2 aromatic carbocycles. The summed E-state index contributed by atoms with van der Waals surface area (Å²) in [5, 5.41) is 5.59. The Bertz CT molecular complexity index is 863. The summed E-state index contributed by atoms with van der Waals surface area (Å²) in [6, 6.07) is 14.1. The van der Waals surface area contributed by atoms with Crippen LogP contribution in [0.5, 0.6) is 0 Å². The van der Waals surface area contributed by atoms with Gasteiger partial charge in [0.1, 0.15) is 5.82 Å². The highest BCUT2D eigenvalue weighted by molar-refractivity contribution is 6.03. The number of benzene rings is 2. The number of carbonyl (C=O) groups excluding carboxylic acids is 1. The van der Waals surface area contributed by atoms with E-state index in [2.05, 4.69) is 20.6 Å². The summed E-state index contributed by atoms with van der Waals surface area (Å²) >= 11 is 0. The zero-order valence-electron chi connectivity index (χ0n) is 13.7. The van der Waals surface area contributed by atoms with Gasteiger partial charge in [0.05, 0.1) is 11.3 Å². The van der Waals surface area contributed by atoms with E-state index in [-0.39, 0.29) is 11.3 Å². The minimum absolute atomic E-state index is 0.120. The molecular formula is C19H17FN4O. The van der Waals surface area contributed by atoms with Crippen LogP contribution in [-0.4, -0.2) is 15.9 Å². The normalized spacial score (nSPS) is 10.3. The average molecular weight is 336 g/mol. The van der Waals surface area contributed by atoms with Crippen molar-refractivity contribution in [1.29, 1.82) is 0 Å². The quantitative estimate of drug-likeness (QED) is 0.744. The number of aromatic nitrogens is 2. The van der Waals surface area contributed by atoms with Crippen molar-refractivity contribution in [1.82, 2.24) is 9.97 Å². The monoisotopic (exact) mass is 336 g/mol. The zero-order valence-corrected chi connectivity index (χ0v) is 13.7. The zero-order chi connectivity index (χ0) is 17.6. The summed E-state index contributed by atoms with van der Waals surface area (Å²) in [5.41, 5.74) is 2.68. The largest absolute Gasteiger partial charge is 0.350 e. The number of halogens is 1. The lowest BCUT2D eigenvalue weighted by atomic mass is 10.1. The summed E-state index contributed by atoms with van der Waals surface area (Å²) in [5.74, 6) is -0.536. The first-order chi connectivity index (χ1) is 12.1. The molecule has 0 unspecified atom stereocenters. The van der Waals surface area contributed by atoms with Crippen LogP contribution in [0.4, 0.5) is 16.0 Å². The van der Waals surface area contributed by atoms with Crippen LogP contribution < -0.4 is 10.6 Å². The van der Waals surface area contributed by atoms with E-state index in [1.54, 1.807) is 12.1 Å². The van der Waals surface area contributed by atoms with Crippen LogP contribution >= 0.6 is 0 Å². The van der Waals surface area contributed by atoms with E-state index in [0.717, 1.165) is 5.56 Å². The minimum atomic E-state index is -0.492. The van der Waals surface area contributed by atoms with Crippen LogP contribution in [0.3, 0.4) is 0 Å². The fourth-order valence-electron chi connectivity index (χ4n) is 2.18. The lowest BCUT2D eigenvalue weighted by Crippen LogP contribution is -2.14. The van der Waals surface area contributed by atoms with Crippen LogP contribution in [0.1, 0.15) is 21.5 Å². The van der Waals surface area contributed by atoms with E-state index in [9.17, 15) is 9.18 Å². The first kappa shape index (κ1) is 16.6. The van der Waals surface area contributed by atoms with Crippen molar-refractivity contribution < 1.29 is 9.18 Å². The standard InChI is InChI=1S/C19H17FN4O/c1-13-6-8-14(9-7-13)10-21-19-22-11-15(12-23-19)18(25)24-17-5-3-2-4-16(17)20/h2-9,11-12H,10H2,1H3,(H,24,25)(H,21,22,23). The Morgan fingerprint density at radius 2 is 1.72 bits per heavy atom. The summed E-state index contributed by atoms with van der Waals surface area (Å²) < 4.78 is 13.6. The highest BCUT2D eigenvalue weighted by atomic mass is 19.1. The molecule has 1 amide bonds. The number of carbonyl (C=O) groups is 1. The third-order valence-corrected chi connectivity index (χ3v) is 3.61. The Labute approximate surface area is 145 Å². The van der Waals surface area contributed by atoms with Gasteiger partial charge >= 0.3 is 0 Å². The number of hydrogen-bond acceptors (Lipinski definition) is 4. The SMILES string of the molecule is Cc1ccc(CNc2ncc(C(=O)Nc3ccccc3F)cn2)cc1. The third-order valence-electron chi connectivity index (χ3n) is 3.61. The Balaban J connectivity index is 1.60. The first-order valence-corrected chi connectivity index (χ1v) is 7.79. The van der Waals surface area contributed by atoms with Gasteiger partial charge in [0, 0.05) is 18.9 Å². The maximum atomic E-state index is 13.6. The molecule has 0 atom stereocenters. The Kier molecular flexibility index (Phi) is 4.99. The molecule has 25 heavy (non-hydrogen) atoms. The second kappa shape index (κ2) is 7.53. The lowest BCUT2D eigenvalue weighted by Gasteiger charge is -2.07. The Morgan fingerprint density at radius 3 is 2.40 bits per heavy atom. The van der Waals surface area contributed by atoms with Crippen molar-refractivity contribution in [2.75, 3.05) is 10.6 Å². The van der Waals surface area contributed by atoms with Gasteiger partial charge in [-0.3, -0.25) is 4.79 Å². The van der Waals surface area contributed by atoms with Crippen molar-refractivity contribution >= 4 is 17.5 Å². The molecular weight excluding hydrogens is 319 g/mol. The Hall–Kier alpha value is -3.28. The van der Waals surface area contributed by atoms with Crippen LogP contribution in [0, 0.1) is 12.7 Å². The average Bonchev–Trinajstić information content (AvgIpc) is 2.63. The number of anilines is 2. The van der Waals surface area contributed by atoms with Crippen LogP contribution in [0.2, 0.25) is 0 Å². The number of rotatable bonds is 5. The lowest BCUT2D eigenvalue weighted by molar-refractivity contribution is 0.102. The fourth-order valence-corrected chi connectivity index (χ4v) is 2.18. The van der Waals surface area contributed by atoms with Gasteiger partial charge < -0.3 is 10.6 Å². The number of aryl methyl sites for hydroxylation is 1. The first-order valence-electron chi connectivity index (χ1n) is 7.79. The number of amides is 1. The van der Waals surface area contributed by atoms with Crippen LogP contribution in [0.15, 0.2) is 60.9 Å². The second-order valence-electron chi connectivity index (χ2n) is 5.57. The molecule has 0 aliphatic carbocycles. The van der Waals surface area contributed by atoms with E-state index < -0.39 is 11.7 Å². The van der Waals surface area contributed by atoms with Crippen molar-refractivity contribution in [3.05, 3.63) is 83.4 Å². The summed E-state index contributed by atoms with van der Waals surface area (Å²) in [6.45, 7) is 2.62. The predicted octanol–water partition coefficient (Wildman–Crippen LogP) is 3.79. The highest BCUT2D eigenvalue weighted by Gasteiger charge is 2.10. The summed E-state index contributed by atoms with van der Waals surface area (Å²) in [4.78, 5) is 20.3. The molecule has 0 fully saturated rings. The number of nitrogens with one attached hydrogen (secondary N) is 2. The molecule has 0 bridgehead atoms. The van der Waals surface area contributed by atoms with Crippen molar-refractivity contribution in [3.8, 4) is 0 Å². The molecule has 1 heterocycles. The van der Waals surface area contributed by atoms with E-state index in [0.29, 0.717) is 12.5 Å². The van der Waals surface area contributed by atoms with Gasteiger partial charge in [-0.05, 0) is 24.6 Å². The van der Waals surface area contributed by atoms with E-state index in [1.807, 2.05) is 31.2 Å². The minimum Gasteiger partial charge on any atom is -0.350 e. The van der Waals surface area contributed by atoms with Gasteiger partial charge in [0.15, 0.2) is 0 Å². The molecule has 3 rings (SSSR count). The maximum Gasteiger partial charge on any atom is 0.258 e. The molecule has 6 heteroatoms. The van der Waals surface area contributed by atoms with Gasteiger partial charge in [0.25, 0.3) is 5.91 Å². The number of para-hydroxylation sites is 1. The van der Waals surface area contributed by atoms with Gasteiger partial charge in [-0.1, -0.05) is 42.0 Å². The van der Waals surface area contributed by atoms with E-state index in [1.165, 1.54) is 30.1 Å². The van der Waals surface area contributed by atoms with Gasteiger partial charge in [-0.2, -0.15) is 0 Å². The molecule has 0 saturated carbocycles. The smallest absolute Gasteiger partial charge is 0.258 e. The number of nitrogens with zero attached hydrogens (tertiary/aromatic N) is 2. The maximum absolute atomic E-state index is 13.6. The highest BCUT2D eigenvalue weighted by Crippen LogP contribution is 2.14. The van der Waals surface area contributed by atoms with Gasteiger partial charge in [-0.25, -0.2) is 14.4 Å². The molecule has 0 radical (unpaired) electrons. The molecule has 1 aromatic heterocycles. The van der Waals surface area contributed by atoms with Gasteiger partial charge in [-0.15, -0.1) is 0 Å². The van der Waals surface area contributed by atoms with E-state index in [4.69, 9.17) is 0 Å². The molecule has 0 saturated heterocycles. The summed E-state index contributed by atoms with van der Waals surface area (Å²) in [6.07, 6.45) is 2.81. The molecule has 5 nitrogen and oxygen atoms in total. The molecule has 0 spiro atoms. The van der Waals surface area contributed by atoms with Crippen molar-refractivity contribution in [3.63, 3.8) is 0 Å². The molecule has 2 N–H and O–H groups in total. The van der Waals surface area contributed by atoms with Crippen LogP contribution in [0.25, 0.3) is 0 Å². The summed E-state index contributed by atoms with van der Waals surface area (Å²) in [7, 11) is 0. The van der Waals surface area contributed by atoms with Gasteiger partial charge in [0.2, 0.25) is 5.95 Å². The third kappa shape index (κ3) is 4.38. The van der Waals surface area contributed by atoms with Crippen LogP contribution in [-0.2, 0) is 6.54 Å². The molecule has 3 aromatic rings. The predicted molar refractivity (Wildman–Crippen MR) is 94.9 cm³/mol. The fraction of sp³-hybridized carbons (Fsp3) is 0.105. The van der Waals surface area contributed by atoms with E-state index >= 15 is 0 Å². The topological polar surface area (TPSA) is 66.9 Å². The van der Waals surface area contributed by atoms with Crippen molar-refractivity contribution in [2.24, 2.45) is 0 Å². The Morgan fingerprint density at radius 1 is 1.04 bits per heavy atom.